The van der Waals surface area contributed by atoms with Crippen LogP contribution in [0.2, 0.25) is 0 Å². The highest BCUT2D eigenvalue weighted by molar-refractivity contribution is 5.94. The third-order valence-corrected chi connectivity index (χ3v) is 7.49. The molecule has 1 aliphatic heterocycles. The fraction of sp³-hybridized carbons (Fsp3) is 0.111. The Bertz CT molecular complexity index is 1860. The van der Waals surface area contributed by atoms with Gasteiger partial charge in [-0.2, -0.15) is 15.6 Å². The lowest BCUT2D eigenvalue weighted by Crippen LogP contribution is -2.05. The third kappa shape index (κ3) is 5.35. The van der Waals surface area contributed by atoms with Gasteiger partial charge in [-0.3, -0.25) is 4.99 Å². The van der Waals surface area contributed by atoms with Crippen LogP contribution in [0.25, 0.3) is 39.1 Å². The zero-order chi connectivity index (χ0) is 28.0. The number of nitrogens with zero attached hydrogens (tertiary/aromatic N) is 5. The van der Waals surface area contributed by atoms with E-state index < -0.39 is 0 Å². The molecule has 1 atom stereocenters. The molecular weight excluding hydrogens is 502 g/mol. The molecule has 6 rings (SSSR count). The molecule has 0 radical (unpaired) electrons. The van der Waals surface area contributed by atoms with Crippen LogP contribution in [0.3, 0.4) is 0 Å². The van der Waals surface area contributed by atoms with Gasteiger partial charge in [0.1, 0.15) is 12.1 Å². The highest BCUT2D eigenvalue weighted by Gasteiger charge is 2.18. The number of aromatic nitrogens is 2. The minimum Gasteiger partial charge on any atom is -0.292 e. The molecule has 0 N–H and O–H groups in total. The highest BCUT2D eigenvalue weighted by atomic mass is 15.3. The molecule has 0 saturated heterocycles. The number of benzene rings is 4. The lowest BCUT2D eigenvalue weighted by Gasteiger charge is -2.19. The monoisotopic (exact) mass is 529 g/mol. The van der Waals surface area contributed by atoms with E-state index >= 15 is 0 Å². The van der Waals surface area contributed by atoms with Crippen molar-refractivity contribution in [3.8, 4) is 51.2 Å². The summed E-state index contributed by atoms with van der Waals surface area (Å²) >= 11 is 0. The smallest absolute Gasteiger partial charge is 0.102 e. The number of rotatable bonds is 6. The van der Waals surface area contributed by atoms with E-state index in [4.69, 9.17) is 0 Å². The fourth-order valence-electron chi connectivity index (χ4n) is 5.57. The average Bonchev–Trinajstić information content (AvgIpc) is 3.40. The second-order valence-electron chi connectivity index (χ2n) is 10.1. The molecule has 1 aromatic heterocycles. The van der Waals surface area contributed by atoms with Crippen molar-refractivity contribution >= 4 is 6.21 Å². The Hall–Kier alpha value is -5.52. The van der Waals surface area contributed by atoms with Crippen molar-refractivity contribution in [1.82, 2.24) is 9.78 Å². The van der Waals surface area contributed by atoms with Gasteiger partial charge in [0, 0.05) is 24.5 Å². The van der Waals surface area contributed by atoms with Crippen LogP contribution in [0.15, 0.2) is 126 Å². The standard InChI is InChI=1S/C36H27N5/c37-21-27-19-26(17-18-39-23-27)20-29-9-1-2-10-30(29)31-11-3-4-12-32(31)33-13-5-6-14-34(33)35-15-7-8-16-36(35)41-25-28(22-38)24-40-41/h1-16,19,23-26H,17-18,20H2. The first-order valence-corrected chi connectivity index (χ1v) is 13.7. The Labute approximate surface area is 240 Å². The second-order valence-corrected chi connectivity index (χ2v) is 10.1. The Balaban J connectivity index is 1.46. The van der Waals surface area contributed by atoms with Crippen molar-refractivity contribution in [3.05, 3.63) is 132 Å². The van der Waals surface area contributed by atoms with Crippen LogP contribution in [0.1, 0.15) is 17.5 Å². The summed E-state index contributed by atoms with van der Waals surface area (Å²) in [7, 11) is 0. The second kappa shape index (κ2) is 11.7. The molecule has 1 aliphatic rings. The molecular formula is C36H27N5. The molecule has 0 aliphatic carbocycles. The van der Waals surface area contributed by atoms with Gasteiger partial charge in [-0.25, -0.2) is 4.68 Å². The van der Waals surface area contributed by atoms with E-state index in [1.165, 1.54) is 11.1 Å². The minimum absolute atomic E-state index is 0.243. The normalized spacial score (nSPS) is 14.5. The first-order chi connectivity index (χ1) is 20.2. The van der Waals surface area contributed by atoms with E-state index in [2.05, 4.69) is 107 Å². The van der Waals surface area contributed by atoms with Gasteiger partial charge in [0.25, 0.3) is 0 Å². The summed E-state index contributed by atoms with van der Waals surface area (Å²) in [5.74, 6) is 0.243. The third-order valence-electron chi connectivity index (χ3n) is 7.49. The number of para-hydroxylation sites is 1. The van der Waals surface area contributed by atoms with E-state index in [9.17, 15) is 10.5 Å². The van der Waals surface area contributed by atoms with Crippen LogP contribution < -0.4 is 0 Å². The minimum atomic E-state index is 0.243. The van der Waals surface area contributed by atoms with Crippen LogP contribution in [-0.2, 0) is 6.42 Å². The quantitative estimate of drug-likeness (QED) is 0.225. The Kier molecular flexibility index (Phi) is 7.34. The molecule has 5 aromatic rings. The van der Waals surface area contributed by atoms with Gasteiger partial charge < -0.3 is 0 Å². The summed E-state index contributed by atoms with van der Waals surface area (Å²) in [4.78, 5) is 4.39. The molecule has 5 heteroatoms. The maximum absolute atomic E-state index is 9.49. The van der Waals surface area contributed by atoms with E-state index in [0.29, 0.717) is 11.1 Å². The lowest BCUT2D eigenvalue weighted by atomic mass is 9.85. The van der Waals surface area contributed by atoms with Gasteiger partial charge in [-0.1, -0.05) is 97.1 Å². The first-order valence-electron chi connectivity index (χ1n) is 13.7. The van der Waals surface area contributed by atoms with Gasteiger partial charge in [0.05, 0.1) is 23.0 Å². The predicted molar refractivity (Wildman–Crippen MR) is 163 cm³/mol. The molecule has 1 unspecified atom stereocenters. The van der Waals surface area contributed by atoms with Crippen LogP contribution in [-0.4, -0.2) is 22.5 Å². The summed E-state index contributed by atoms with van der Waals surface area (Å²) in [5.41, 5.74) is 10.0. The molecule has 4 aromatic carbocycles. The number of nitriles is 2. The SMILES string of the molecule is N#CC1=CC(Cc2ccccc2-c2ccccc2-c2ccccc2-c2ccccc2-n2cc(C#N)cn2)CCN=C1. The first kappa shape index (κ1) is 25.7. The van der Waals surface area contributed by atoms with Crippen LogP contribution >= 0.6 is 0 Å². The number of allylic oxidation sites excluding steroid dienone is 2. The molecule has 5 nitrogen and oxygen atoms in total. The lowest BCUT2D eigenvalue weighted by molar-refractivity contribution is 0.602. The van der Waals surface area contributed by atoms with Gasteiger partial charge >= 0.3 is 0 Å². The Morgan fingerprint density at radius 1 is 0.707 bits per heavy atom. The maximum Gasteiger partial charge on any atom is 0.102 e. The fourth-order valence-corrected chi connectivity index (χ4v) is 5.57. The Morgan fingerprint density at radius 2 is 1.29 bits per heavy atom. The highest BCUT2D eigenvalue weighted by Crippen LogP contribution is 2.41. The van der Waals surface area contributed by atoms with E-state index in [1.807, 2.05) is 18.2 Å². The van der Waals surface area contributed by atoms with Crippen molar-refractivity contribution in [3.63, 3.8) is 0 Å². The van der Waals surface area contributed by atoms with Gasteiger partial charge in [-0.05, 0) is 58.2 Å². The number of hydrogen-bond acceptors (Lipinski definition) is 4. The van der Waals surface area contributed by atoms with Crippen molar-refractivity contribution in [2.45, 2.75) is 12.8 Å². The molecule has 0 saturated carbocycles. The van der Waals surface area contributed by atoms with E-state index in [0.717, 1.165) is 52.9 Å². The summed E-state index contributed by atoms with van der Waals surface area (Å²) < 4.78 is 1.77. The number of hydrogen-bond donors (Lipinski definition) is 0. The molecule has 41 heavy (non-hydrogen) atoms. The summed E-state index contributed by atoms with van der Waals surface area (Å²) in [6.07, 6.45) is 8.86. The zero-order valence-electron chi connectivity index (χ0n) is 22.5. The van der Waals surface area contributed by atoms with Gasteiger partial charge in [0.2, 0.25) is 0 Å². The number of aliphatic imine (C=N–C) groups is 1. The van der Waals surface area contributed by atoms with Crippen molar-refractivity contribution in [2.75, 3.05) is 6.54 Å². The maximum atomic E-state index is 9.49. The zero-order valence-corrected chi connectivity index (χ0v) is 22.5. The topological polar surface area (TPSA) is 77.8 Å². The van der Waals surface area contributed by atoms with E-state index in [-0.39, 0.29) is 5.92 Å². The van der Waals surface area contributed by atoms with Crippen LogP contribution in [0.4, 0.5) is 0 Å². The summed E-state index contributed by atoms with van der Waals surface area (Å²) in [6, 6.07) is 38.2. The van der Waals surface area contributed by atoms with Gasteiger partial charge in [-0.15, -0.1) is 0 Å². The largest absolute Gasteiger partial charge is 0.292 e. The van der Waals surface area contributed by atoms with E-state index in [1.54, 1.807) is 23.3 Å². The van der Waals surface area contributed by atoms with Crippen molar-refractivity contribution in [1.29, 1.82) is 10.5 Å². The van der Waals surface area contributed by atoms with Gasteiger partial charge in [0.15, 0.2) is 0 Å². The van der Waals surface area contributed by atoms with Crippen LogP contribution in [0.5, 0.6) is 0 Å². The Morgan fingerprint density at radius 3 is 1.95 bits per heavy atom. The molecule has 2 heterocycles. The molecule has 0 fully saturated rings. The predicted octanol–water partition coefficient (Wildman–Crippen LogP) is 7.83. The van der Waals surface area contributed by atoms with Crippen LogP contribution in [0, 0.1) is 28.6 Å². The van der Waals surface area contributed by atoms with Crippen molar-refractivity contribution < 1.29 is 0 Å². The summed E-state index contributed by atoms with van der Waals surface area (Å²) in [5, 5.41) is 23.3. The average molecular weight is 530 g/mol. The molecule has 0 spiro atoms. The van der Waals surface area contributed by atoms with Crippen molar-refractivity contribution in [2.24, 2.45) is 10.9 Å². The molecule has 196 valence electrons. The summed E-state index contributed by atoms with van der Waals surface area (Å²) in [6.45, 7) is 0.726. The molecule has 0 amide bonds. The molecule has 0 bridgehead atoms.